The van der Waals surface area contributed by atoms with Crippen molar-refractivity contribution >= 4 is 11.8 Å². The molecule has 0 spiro atoms. The fourth-order valence-electron chi connectivity index (χ4n) is 2.62. The Labute approximate surface area is 119 Å². The molecule has 1 N–H and O–H groups in total. The smallest absolute Gasteiger partial charge is 0.0158 e. The zero-order chi connectivity index (χ0) is 13.4. The van der Waals surface area contributed by atoms with Gasteiger partial charge in [-0.3, -0.25) is 0 Å². The highest BCUT2D eigenvalue weighted by atomic mass is 32.2. The monoisotopic (exact) mass is 271 g/mol. The molecule has 0 bridgehead atoms. The molecule has 0 heterocycles. The van der Waals surface area contributed by atoms with Crippen molar-refractivity contribution in [1.29, 1.82) is 0 Å². The third-order valence-electron chi connectivity index (χ3n) is 3.82. The SMILES string of the molecule is CCNC(CCC(C)(C)C)CSC1CCCCC1. The molecule has 1 aliphatic carbocycles. The van der Waals surface area contributed by atoms with Crippen molar-refractivity contribution in [3.05, 3.63) is 0 Å². The van der Waals surface area contributed by atoms with E-state index in [1.165, 1.54) is 50.7 Å². The summed E-state index contributed by atoms with van der Waals surface area (Å²) in [6.07, 6.45) is 9.98. The molecule has 0 aromatic carbocycles. The molecule has 0 aromatic heterocycles. The summed E-state index contributed by atoms with van der Waals surface area (Å²) in [4.78, 5) is 0. The summed E-state index contributed by atoms with van der Waals surface area (Å²) in [6.45, 7) is 10.4. The van der Waals surface area contributed by atoms with Gasteiger partial charge in [-0.25, -0.2) is 0 Å². The summed E-state index contributed by atoms with van der Waals surface area (Å²) in [6, 6.07) is 0.723. The van der Waals surface area contributed by atoms with Crippen molar-refractivity contribution < 1.29 is 0 Å². The lowest BCUT2D eigenvalue weighted by atomic mass is 9.89. The molecule has 0 aliphatic heterocycles. The van der Waals surface area contributed by atoms with Crippen LogP contribution >= 0.6 is 11.8 Å². The molecule has 1 atom stereocenters. The molecular formula is C16H33NS. The van der Waals surface area contributed by atoms with Crippen molar-refractivity contribution in [3.8, 4) is 0 Å². The van der Waals surface area contributed by atoms with Gasteiger partial charge in [-0.15, -0.1) is 0 Å². The molecule has 108 valence electrons. The van der Waals surface area contributed by atoms with Crippen LogP contribution in [-0.2, 0) is 0 Å². The van der Waals surface area contributed by atoms with Crippen LogP contribution in [0.5, 0.6) is 0 Å². The second kappa shape index (κ2) is 8.47. The number of hydrogen-bond acceptors (Lipinski definition) is 2. The van der Waals surface area contributed by atoms with E-state index in [0.717, 1.165) is 17.8 Å². The minimum Gasteiger partial charge on any atom is -0.313 e. The maximum Gasteiger partial charge on any atom is 0.0158 e. The molecule has 0 saturated heterocycles. The first-order valence-electron chi connectivity index (χ1n) is 7.86. The van der Waals surface area contributed by atoms with Crippen molar-refractivity contribution in [2.45, 2.75) is 83.9 Å². The van der Waals surface area contributed by atoms with Crippen LogP contribution in [0, 0.1) is 5.41 Å². The van der Waals surface area contributed by atoms with E-state index in [0.29, 0.717) is 5.41 Å². The van der Waals surface area contributed by atoms with Crippen molar-refractivity contribution in [2.75, 3.05) is 12.3 Å². The van der Waals surface area contributed by atoms with E-state index in [4.69, 9.17) is 0 Å². The van der Waals surface area contributed by atoms with Crippen LogP contribution in [0.1, 0.15) is 72.6 Å². The van der Waals surface area contributed by atoms with Gasteiger partial charge in [0.25, 0.3) is 0 Å². The molecule has 1 saturated carbocycles. The van der Waals surface area contributed by atoms with Crippen LogP contribution in [-0.4, -0.2) is 23.6 Å². The van der Waals surface area contributed by atoms with Crippen LogP contribution in [0.3, 0.4) is 0 Å². The molecule has 1 unspecified atom stereocenters. The number of nitrogens with one attached hydrogen (secondary N) is 1. The van der Waals surface area contributed by atoms with Gasteiger partial charge >= 0.3 is 0 Å². The number of hydrogen-bond donors (Lipinski definition) is 1. The molecule has 1 rings (SSSR count). The average Bonchev–Trinajstić information content (AvgIpc) is 2.33. The van der Waals surface area contributed by atoms with E-state index in [9.17, 15) is 0 Å². The Kier molecular flexibility index (Phi) is 7.70. The Morgan fingerprint density at radius 2 is 1.83 bits per heavy atom. The van der Waals surface area contributed by atoms with Gasteiger partial charge in [0.05, 0.1) is 0 Å². The first kappa shape index (κ1) is 16.4. The zero-order valence-electron chi connectivity index (χ0n) is 12.9. The molecule has 2 heteroatoms. The average molecular weight is 272 g/mol. The lowest BCUT2D eigenvalue weighted by Crippen LogP contribution is -2.33. The van der Waals surface area contributed by atoms with E-state index in [2.05, 4.69) is 44.8 Å². The molecule has 0 amide bonds. The Bertz CT molecular complexity index is 204. The van der Waals surface area contributed by atoms with Gasteiger partial charge in [0, 0.05) is 17.0 Å². The molecular weight excluding hydrogens is 238 g/mol. The highest BCUT2D eigenvalue weighted by Crippen LogP contribution is 2.30. The summed E-state index contributed by atoms with van der Waals surface area (Å²) in [5.74, 6) is 1.31. The van der Waals surface area contributed by atoms with Crippen LogP contribution in [0.2, 0.25) is 0 Å². The standard InChI is InChI=1S/C16H33NS/c1-5-17-14(11-12-16(2,3)4)13-18-15-9-7-6-8-10-15/h14-15,17H,5-13H2,1-4H3. The molecule has 0 radical (unpaired) electrons. The normalized spacial score (nSPS) is 20.0. The largest absolute Gasteiger partial charge is 0.313 e. The molecule has 18 heavy (non-hydrogen) atoms. The third-order valence-corrected chi connectivity index (χ3v) is 5.36. The summed E-state index contributed by atoms with van der Waals surface area (Å²) in [7, 11) is 0. The van der Waals surface area contributed by atoms with Gasteiger partial charge in [-0.1, -0.05) is 47.0 Å². The van der Waals surface area contributed by atoms with E-state index in [1.807, 2.05) is 0 Å². The summed E-state index contributed by atoms with van der Waals surface area (Å²) >= 11 is 2.23. The summed E-state index contributed by atoms with van der Waals surface area (Å²) in [5, 5.41) is 4.63. The zero-order valence-corrected chi connectivity index (χ0v) is 13.7. The Morgan fingerprint density at radius 1 is 1.17 bits per heavy atom. The third kappa shape index (κ3) is 7.68. The molecule has 1 nitrogen and oxygen atoms in total. The Hall–Kier alpha value is 0.310. The number of rotatable bonds is 7. The minimum absolute atomic E-state index is 0.475. The quantitative estimate of drug-likeness (QED) is 0.710. The highest BCUT2D eigenvalue weighted by Gasteiger charge is 2.18. The molecule has 0 aromatic rings. The summed E-state index contributed by atoms with van der Waals surface area (Å²) in [5.41, 5.74) is 0.475. The van der Waals surface area contributed by atoms with Crippen molar-refractivity contribution in [2.24, 2.45) is 5.41 Å². The van der Waals surface area contributed by atoms with Gasteiger partial charge in [0.1, 0.15) is 0 Å². The van der Waals surface area contributed by atoms with E-state index >= 15 is 0 Å². The van der Waals surface area contributed by atoms with Gasteiger partial charge in [-0.2, -0.15) is 11.8 Å². The van der Waals surface area contributed by atoms with Crippen LogP contribution in [0.4, 0.5) is 0 Å². The van der Waals surface area contributed by atoms with Gasteiger partial charge in [-0.05, 0) is 37.6 Å². The minimum atomic E-state index is 0.475. The lowest BCUT2D eigenvalue weighted by Gasteiger charge is -2.26. The Balaban J connectivity index is 2.23. The summed E-state index contributed by atoms with van der Waals surface area (Å²) < 4.78 is 0. The first-order valence-corrected chi connectivity index (χ1v) is 8.91. The number of thioether (sulfide) groups is 1. The van der Waals surface area contributed by atoms with E-state index in [-0.39, 0.29) is 0 Å². The van der Waals surface area contributed by atoms with Crippen molar-refractivity contribution in [1.82, 2.24) is 5.32 Å². The fraction of sp³-hybridized carbons (Fsp3) is 1.00. The maximum absolute atomic E-state index is 3.67. The van der Waals surface area contributed by atoms with Crippen LogP contribution < -0.4 is 5.32 Å². The first-order chi connectivity index (χ1) is 8.51. The topological polar surface area (TPSA) is 12.0 Å². The Morgan fingerprint density at radius 3 is 2.39 bits per heavy atom. The van der Waals surface area contributed by atoms with Crippen LogP contribution in [0.25, 0.3) is 0 Å². The van der Waals surface area contributed by atoms with Crippen LogP contribution in [0.15, 0.2) is 0 Å². The van der Waals surface area contributed by atoms with Gasteiger partial charge in [0.15, 0.2) is 0 Å². The lowest BCUT2D eigenvalue weighted by molar-refractivity contribution is 0.340. The van der Waals surface area contributed by atoms with E-state index < -0.39 is 0 Å². The van der Waals surface area contributed by atoms with Gasteiger partial charge in [0.2, 0.25) is 0 Å². The second-order valence-corrected chi connectivity index (χ2v) is 8.28. The molecule has 1 aliphatic rings. The van der Waals surface area contributed by atoms with E-state index in [1.54, 1.807) is 0 Å². The fourth-order valence-corrected chi connectivity index (χ4v) is 4.08. The van der Waals surface area contributed by atoms with Crippen molar-refractivity contribution in [3.63, 3.8) is 0 Å². The predicted molar refractivity (Wildman–Crippen MR) is 85.5 cm³/mol. The maximum atomic E-state index is 3.67. The molecule has 1 fully saturated rings. The second-order valence-electron chi connectivity index (χ2n) is 6.95. The predicted octanol–water partition coefficient (Wildman–Crippen LogP) is 4.86. The highest BCUT2D eigenvalue weighted by molar-refractivity contribution is 7.99. The van der Waals surface area contributed by atoms with Gasteiger partial charge < -0.3 is 5.32 Å².